The highest BCUT2D eigenvalue weighted by Gasteiger charge is 2.20. The van der Waals surface area contributed by atoms with Gasteiger partial charge >= 0.3 is 0 Å². The lowest BCUT2D eigenvalue weighted by Gasteiger charge is -2.24. The first-order chi connectivity index (χ1) is 12.1. The van der Waals surface area contributed by atoms with Crippen molar-refractivity contribution in [3.8, 4) is 5.75 Å². The maximum atomic E-state index is 12.8. The summed E-state index contributed by atoms with van der Waals surface area (Å²) in [6, 6.07) is 12.6. The van der Waals surface area contributed by atoms with Crippen molar-refractivity contribution in [3.05, 3.63) is 53.6 Å². The van der Waals surface area contributed by atoms with Crippen LogP contribution in [-0.2, 0) is 0 Å². The summed E-state index contributed by atoms with van der Waals surface area (Å²) in [4.78, 5) is 15.3. The van der Waals surface area contributed by atoms with Gasteiger partial charge in [0.1, 0.15) is 12.4 Å². The average molecular weight is 339 g/mol. The summed E-state index contributed by atoms with van der Waals surface area (Å²) < 4.78 is 5.99. The number of anilines is 2. The van der Waals surface area contributed by atoms with E-state index < -0.39 is 0 Å². The first-order valence-electron chi connectivity index (χ1n) is 8.72. The van der Waals surface area contributed by atoms with Gasteiger partial charge in [-0.05, 0) is 63.2 Å². The molecule has 1 heterocycles. The van der Waals surface area contributed by atoms with E-state index in [-0.39, 0.29) is 5.78 Å². The fraction of sp³-hybridized carbons (Fsp3) is 0.350. The van der Waals surface area contributed by atoms with E-state index in [1.165, 1.54) is 12.8 Å². The minimum atomic E-state index is -0.115. The van der Waals surface area contributed by atoms with E-state index in [4.69, 9.17) is 16.2 Å². The topological polar surface area (TPSA) is 81.6 Å². The van der Waals surface area contributed by atoms with Crippen LogP contribution in [0.3, 0.4) is 0 Å². The van der Waals surface area contributed by atoms with Crippen LogP contribution in [0, 0.1) is 0 Å². The molecule has 25 heavy (non-hydrogen) atoms. The third kappa shape index (κ3) is 3.94. The third-order valence-electron chi connectivity index (χ3n) is 4.72. The van der Waals surface area contributed by atoms with Gasteiger partial charge in [0, 0.05) is 11.6 Å². The molecule has 0 saturated carbocycles. The molecule has 2 aromatic carbocycles. The third-order valence-corrected chi connectivity index (χ3v) is 4.72. The number of carbonyl (C=O) groups is 1. The predicted octanol–water partition coefficient (Wildman–Crippen LogP) is 2.95. The number of benzene rings is 2. The molecule has 1 saturated heterocycles. The predicted molar refractivity (Wildman–Crippen MR) is 101 cm³/mol. The molecule has 3 rings (SSSR count). The summed E-state index contributed by atoms with van der Waals surface area (Å²) in [7, 11) is 0. The van der Waals surface area contributed by atoms with E-state index in [1.54, 1.807) is 24.3 Å². The van der Waals surface area contributed by atoms with Crippen LogP contribution in [0.4, 0.5) is 11.4 Å². The lowest BCUT2D eigenvalue weighted by atomic mass is 10.0. The molecule has 5 nitrogen and oxygen atoms in total. The summed E-state index contributed by atoms with van der Waals surface area (Å²) in [6.45, 7) is 4.97. The van der Waals surface area contributed by atoms with Gasteiger partial charge in [0.15, 0.2) is 5.78 Å². The van der Waals surface area contributed by atoms with E-state index in [1.807, 2.05) is 18.2 Å². The zero-order valence-electron chi connectivity index (χ0n) is 14.6. The van der Waals surface area contributed by atoms with Gasteiger partial charge in [-0.2, -0.15) is 0 Å². The van der Waals surface area contributed by atoms with Crippen molar-refractivity contribution < 1.29 is 9.53 Å². The van der Waals surface area contributed by atoms with Crippen molar-refractivity contribution in [2.45, 2.75) is 25.8 Å². The molecule has 0 aromatic heterocycles. The van der Waals surface area contributed by atoms with Gasteiger partial charge in [-0.3, -0.25) is 9.69 Å². The number of rotatable bonds is 6. The van der Waals surface area contributed by atoms with Crippen LogP contribution < -0.4 is 16.2 Å². The molecule has 132 valence electrons. The van der Waals surface area contributed by atoms with Crippen molar-refractivity contribution in [2.75, 3.05) is 31.2 Å². The molecule has 1 atom stereocenters. The van der Waals surface area contributed by atoms with Gasteiger partial charge in [0.2, 0.25) is 0 Å². The second-order valence-electron chi connectivity index (χ2n) is 6.57. The number of para-hydroxylation sites is 1. The molecule has 0 amide bonds. The Morgan fingerprint density at radius 1 is 1.12 bits per heavy atom. The normalized spacial score (nSPS) is 15.9. The monoisotopic (exact) mass is 339 g/mol. The average Bonchev–Trinajstić information content (AvgIpc) is 3.16. The van der Waals surface area contributed by atoms with Crippen LogP contribution in [0.25, 0.3) is 0 Å². The highest BCUT2D eigenvalue weighted by atomic mass is 16.5. The quantitative estimate of drug-likeness (QED) is 0.625. The Kier molecular flexibility index (Phi) is 5.24. The summed E-state index contributed by atoms with van der Waals surface area (Å²) in [5.41, 5.74) is 13.5. The number of nitrogens with zero attached hydrogens (tertiary/aromatic N) is 1. The zero-order valence-corrected chi connectivity index (χ0v) is 14.6. The van der Waals surface area contributed by atoms with E-state index in [2.05, 4.69) is 11.8 Å². The maximum absolute atomic E-state index is 12.8. The van der Waals surface area contributed by atoms with Gasteiger partial charge < -0.3 is 16.2 Å². The number of nitrogens with two attached hydrogens (primary N) is 2. The highest BCUT2D eigenvalue weighted by Crippen LogP contribution is 2.25. The first kappa shape index (κ1) is 17.3. The fourth-order valence-corrected chi connectivity index (χ4v) is 3.15. The van der Waals surface area contributed by atoms with Crippen LogP contribution in [0.2, 0.25) is 0 Å². The Hall–Kier alpha value is -2.53. The Morgan fingerprint density at radius 3 is 2.56 bits per heavy atom. The molecule has 1 aliphatic rings. The van der Waals surface area contributed by atoms with Gasteiger partial charge in [-0.1, -0.05) is 12.1 Å². The van der Waals surface area contributed by atoms with E-state index in [9.17, 15) is 4.79 Å². The summed E-state index contributed by atoms with van der Waals surface area (Å²) >= 11 is 0. The Bertz CT molecular complexity index is 754. The minimum absolute atomic E-state index is 0.115. The Balaban J connectivity index is 1.75. The summed E-state index contributed by atoms with van der Waals surface area (Å²) in [6.07, 6.45) is 2.50. The number of carbonyl (C=O) groups excluding carboxylic acids is 1. The molecule has 5 heteroatoms. The highest BCUT2D eigenvalue weighted by molar-refractivity contribution is 6.11. The van der Waals surface area contributed by atoms with E-state index >= 15 is 0 Å². The number of likely N-dealkylation sites (tertiary alicyclic amines) is 1. The number of nitrogen functional groups attached to an aromatic ring is 2. The van der Waals surface area contributed by atoms with Crippen molar-refractivity contribution in [1.29, 1.82) is 0 Å². The minimum Gasteiger partial charge on any atom is -0.491 e. The summed E-state index contributed by atoms with van der Waals surface area (Å²) in [5.74, 6) is 0.491. The van der Waals surface area contributed by atoms with Gasteiger partial charge in [0.25, 0.3) is 0 Å². The van der Waals surface area contributed by atoms with Crippen LogP contribution in [0.1, 0.15) is 35.7 Å². The smallest absolute Gasteiger partial charge is 0.196 e. The molecular weight excluding hydrogens is 314 g/mol. The lowest BCUT2D eigenvalue weighted by molar-refractivity contribution is 0.103. The van der Waals surface area contributed by atoms with Gasteiger partial charge in [-0.25, -0.2) is 0 Å². The molecule has 0 spiro atoms. The number of hydrogen-bond donors (Lipinski definition) is 2. The van der Waals surface area contributed by atoms with E-state index in [0.29, 0.717) is 40.9 Å². The number of ketones is 1. The Morgan fingerprint density at radius 2 is 1.84 bits per heavy atom. The molecule has 1 aliphatic heterocycles. The summed E-state index contributed by atoms with van der Waals surface area (Å²) in [5, 5.41) is 0. The molecule has 0 radical (unpaired) electrons. The lowest BCUT2D eigenvalue weighted by Crippen LogP contribution is -2.35. The standard InChI is InChI=1S/C20H25N3O2/c1-14(23-10-4-5-11-23)13-25-19-7-3-2-6-16(19)20(24)15-8-9-17(21)18(22)12-15/h2-3,6-9,12,14H,4-5,10-11,13,21-22H2,1H3. The van der Waals surface area contributed by atoms with Crippen molar-refractivity contribution in [2.24, 2.45) is 0 Å². The van der Waals surface area contributed by atoms with Crippen LogP contribution in [0.5, 0.6) is 5.75 Å². The largest absolute Gasteiger partial charge is 0.491 e. The molecule has 4 N–H and O–H groups in total. The SMILES string of the molecule is CC(COc1ccccc1C(=O)c1ccc(N)c(N)c1)N1CCCC1. The van der Waals surface area contributed by atoms with Crippen LogP contribution >= 0.6 is 0 Å². The zero-order chi connectivity index (χ0) is 17.8. The first-order valence-corrected chi connectivity index (χ1v) is 8.72. The molecular formula is C20H25N3O2. The van der Waals surface area contributed by atoms with E-state index in [0.717, 1.165) is 13.1 Å². The molecule has 2 aromatic rings. The Labute approximate surface area is 148 Å². The second-order valence-corrected chi connectivity index (χ2v) is 6.57. The van der Waals surface area contributed by atoms with Crippen molar-refractivity contribution in [1.82, 2.24) is 4.90 Å². The molecule has 0 aliphatic carbocycles. The van der Waals surface area contributed by atoms with Crippen LogP contribution in [0.15, 0.2) is 42.5 Å². The fourth-order valence-electron chi connectivity index (χ4n) is 3.15. The molecule has 1 unspecified atom stereocenters. The molecule has 0 bridgehead atoms. The van der Waals surface area contributed by atoms with Gasteiger partial charge in [-0.15, -0.1) is 0 Å². The van der Waals surface area contributed by atoms with Crippen molar-refractivity contribution >= 4 is 17.2 Å². The number of ether oxygens (including phenoxy) is 1. The second kappa shape index (κ2) is 7.57. The van der Waals surface area contributed by atoms with Crippen LogP contribution in [-0.4, -0.2) is 36.4 Å². The van der Waals surface area contributed by atoms with Crippen molar-refractivity contribution in [3.63, 3.8) is 0 Å². The molecule has 1 fully saturated rings. The number of hydrogen-bond acceptors (Lipinski definition) is 5. The maximum Gasteiger partial charge on any atom is 0.196 e. The van der Waals surface area contributed by atoms with Gasteiger partial charge in [0.05, 0.1) is 16.9 Å².